The van der Waals surface area contributed by atoms with Crippen molar-refractivity contribution in [3.8, 4) is 0 Å². The SMILES string of the molecule is O=C1CCC(N2Cc3c(CN4CCC(c5cccc(Br)c5)CC4)cccc3C2S)C(=O)N1. The number of rotatable bonds is 4. The number of fused-ring (bicyclic) bond motifs is 1. The van der Waals surface area contributed by atoms with Gasteiger partial charge in [-0.15, -0.1) is 0 Å². The molecule has 2 amide bonds. The van der Waals surface area contributed by atoms with Crippen LogP contribution in [0.25, 0.3) is 0 Å². The molecule has 32 heavy (non-hydrogen) atoms. The Morgan fingerprint density at radius 3 is 2.59 bits per heavy atom. The van der Waals surface area contributed by atoms with E-state index in [9.17, 15) is 9.59 Å². The van der Waals surface area contributed by atoms with Crippen molar-refractivity contribution in [3.63, 3.8) is 0 Å². The summed E-state index contributed by atoms with van der Waals surface area (Å²) < 4.78 is 1.15. The number of amides is 2. The van der Waals surface area contributed by atoms with Gasteiger partial charge in [-0.3, -0.25) is 24.7 Å². The fraction of sp³-hybridized carbons (Fsp3) is 0.440. The minimum absolute atomic E-state index is 0.115. The number of carbonyl (C=O) groups is 2. The lowest BCUT2D eigenvalue weighted by molar-refractivity contribution is -0.137. The summed E-state index contributed by atoms with van der Waals surface area (Å²) in [5, 5.41) is 2.38. The smallest absolute Gasteiger partial charge is 0.243 e. The maximum atomic E-state index is 12.4. The van der Waals surface area contributed by atoms with Crippen LogP contribution in [0.2, 0.25) is 0 Å². The third-order valence-electron chi connectivity index (χ3n) is 7.15. The van der Waals surface area contributed by atoms with Crippen LogP contribution in [0.15, 0.2) is 46.9 Å². The molecule has 2 fully saturated rings. The first-order valence-corrected chi connectivity index (χ1v) is 12.7. The molecular weight excluding hydrogens is 486 g/mol. The quantitative estimate of drug-likeness (QED) is 0.470. The van der Waals surface area contributed by atoms with E-state index in [4.69, 9.17) is 12.6 Å². The summed E-state index contributed by atoms with van der Waals surface area (Å²) in [6, 6.07) is 14.9. The lowest BCUT2D eigenvalue weighted by atomic mass is 9.89. The maximum absolute atomic E-state index is 12.4. The molecule has 5 nitrogen and oxygen atoms in total. The van der Waals surface area contributed by atoms with Crippen LogP contribution < -0.4 is 5.32 Å². The molecule has 2 atom stereocenters. The van der Waals surface area contributed by atoms with E-state index in [-0.39, 0.29) is 23.2 Å². The van der Waals surface area contributed by atoms with Crippen LogP contribution in [0.3, 0.4) is 0 Å². The highest BCUT2D eigenvalue weighted by Crippen LogP contribution is 2.41. The fourth-order valence-electron chi connectivity index (χ4n) is 5.39. The topological polar surface area (TPSA) is 52.7 Å². The molecule has 0 spiro atoms. The van der Waals surface area contributed by atoms with E-state index < -0.39 is 0 Å². The van der Waals surface area contributed by atoms with Gasteiger partial charge in [-0.05, 0) is 72.7 Å². The summed E-state index contributed by atoms with van der Waals surface area (Å²) in [4.78, 5) is 28.7. The standard InChI is InChI=1S/C25H28BrN3O2S/c26-19-5-1-3-17(13-19)16-9-11-28(12-10-16)14-18-4-2-6-20-21(18)15-29(25(20)32)22-7-8-23(30)27-24(22)31/h1-6,13,16,22,25,32H,7-12,14-15H2,(H,27,30,31). The first-order chi connectivity index (χ1) is 15.5. The van der Waals surface area contributed by atoms with Gasteiger partial charge in [0.2, 0.25) is 11.8 Å². The molecule has 2 unspecified atom stereocenters. The Bertz CT molecular complexity index is 1040. The van der Waals surface area contributed by atoms with Gasteiger partial charge in [0.25, 0.3) is 0 Å². The first kappa shape index (κ1) is 22.1. The normalized spacial score (nSPS) is 25.1. The number of likely N-dealkylation sites (tertiary alicyclic amines) is 1. The number of benzene rings is 2. The molecular formula is C25H28BrN3O2S. The minimum atomic E-state index is -0.295. The van der Waals surface area contributed by atoms with Crippen LogP contribution in [0, 0.1) is 0 Å². The number of imide groups is 1. The van der Waals surface area contributed by atoms with Crippen molar-refractivity contribution in [1.82, 2.24) is 15.1 Å². The van der Waals surface area contributed by atoms with Crippen molar-refractivity contribution in [1.29, 1.82) is 0 Å². The summed E-state index contributed by atoms with van der Waals surface area (Å²) in [5.74, 6) is 0.255. The third kappa shape index (κ3) is 4.40. The highest BCUT2D eigenvalue weighted by Gasteiger charge is 2.39. The molecule has 3 aliphatic rings. The third-order valence-corrected chi connectivity index (χ3v) is 8.22. The van der Waals surface area contributed by atoms with Crippen molar-refractivity contribution in [2.75, 3.05) is 13.1 Å². The molecule has 3 heterocycles. The van der Waals surface area contributed by atoms with E-state index >= 15 is 0 Å². The lowest BCUT2D eigenvalue weighted by Gasteiger charge is -2.33. The molecule has 0 bridgehead atoms. The van der Waals surface area contributed by atoms with Gasteiger partial charge in [0.05, 0.1) is 11.4 Å². The molecule has 3 aliphatic heterocycles. The van der Waals surface area contributed by atoms with Gasteiger partial charge in [-0.25, -0.2) is 0 Å². The van der Waals surface area contributed by atoms with Gasteiger partial charge in [-0.2, -0.15) is 12.6 Å². The fourth-order valence-corrected chi connectivity index (χ4v) is 6.29. The van der Waals surface area contributed by atoms with E-state index in [2.05, 4.69) is 73.5 Å². The highest BCUT2D eigenvalue weighted by molar-refractivity contribution is 9.10. The number of hydrogen-bond acceptors (Lipinski definition) is 5. The molecule has 2 saturated heterocycles. The number of thiol groups is 1. The second-order valence-electron chi connectivity index (χ2n) is 9.10. The Hall–Kier alpha value is -1.67. The Morgan fingerprint density at radius 1 is 1.06 bits per heavy atom. The predicted octanol–water partition coefficient (Wildman–Crippen LogP) is 4.38. The Labute approximate surface area is 203 Å². The second kappa shape index (κ2) is 9.29. The van der Waals surface area contributed by atoms with Crippen LogP contribution in [-0.2, 0) is 22.7 Å². The van der Waals surface area contributed by atoms with Crippen molar-refractivity contribution in [2.45, 2.75) is 56.1 Å². The second-order valence-corrected chi connectivity index (χ2v) is 10.5. The Kier molecular flexibility index (Phi) is 6.43. The summed E-state index contributed by atoms with van der Waals surface area (Å²) in [6.45, 7) is 3.81. The summed E-state index contributed by atoms with van der Waals surface area (Å²) in [6.07, 6.45) is 3.30. The molecule has 168 valence electrons. The zero-order valence-corrected chi connectivity index (χ0v) is 20.4. The number of piperidine rings is 2. The maximum Gasteiger partial charge on any atom is 0.243 e. The van der Waals surface area contributed by atoms with E-state index in [0.717, 1.165) is 24.1 Å². The van der Waals surface area contributed by atoms with Crippen LogP contribution in [-0.4, -0.2) is 40.7 Å². The van der Waals surface area contributed by atoms with Crippen molar-refractivity contribution >= 4 is 40.4 Å². The van der Waals surface area contributed by atoms with E-state index in [0.29, 0.717) is 25.3 Å². The van der Waals surface area contributed by atoms with Crippen LogP contribution in [0.4, 0.5) is 0 Å². The molecule has 2 aromatic rings. The van der Waals surface area contributed by atoms with Gasteiger partial charge in [0, 0.05) is 24.0 Å². The van der Waals surface area contributed by atoms with E-state index in [1.54, 1.807) is 0 Å². The number of hydrogen-bond donors (Lipinski definition) is 2. The molecule has 2 aromatic carbocycles. The molecule has 5 rings (SSSR count). The largest absolute Gasteiger partial charge is 0.299 e. The monoisotopic (exact) mass is 513 g/mol. The Morgan fingerprint density at radius 2 is 1.84 bits per heavy atom. The summed E-state index contributed by atoms with van der Waals surface area (Å²) in [7, 11) is 0. The van der Waals surface area contributed by atoms with Gasteiger partial charge in [-0.1, -0.05) is 46.3 Å². The summed E-state index contributed by atoms with van der Waals surface area (Å²) in [5.41, 5.74) is 5.25. The molecule has 0 aromatic heterocycles. The average Bonchev–Trinajstić information content (AvgIpc) is 3.12. The van der Waals surface area contributed by atoms with Gasteiger partial charge in [0.1, 0.15) is 0 Å². The van der Waals surface area contributed by atoms with E-state index in [1.807, 2.05) is 0 Å². The van der Waals surface area contributed by atoms with Gasteiger partial charge >= 0.3 is 0 Å². The van der Waals surface area contributed by atoms with Crippen molar-refractivity contribution < 1.29 is 9.59 Å². The number of nitrogens with zero attached hydrogens (tertiary/aromatic N) is 2. The number of halogens is 1. The van der Waals surface area contributed by atoms with Gasteiger partial charge < -0.3 is 0 Å². The highest BCUT2D eigenvalue weighted by atomic mass is 79.9. The number of nitrogens with one attached hydrogen (secondary N) is 1. The predicted molar refractivity (Wildman–Crippen MR) is 131 cm³/mol. The van der Waals surface area contributed by atoms with Gasteiger partial charge in [0.15, 0.2) is 0 Å². The molecule has 1 N–H and O–H groups in total. The first-order valence-electron chi connectivity index (χ1n) is 11.4. The minimum Gasteiger partial charge on any atom is -0.299 e. The van der Waals surface area contributed by atoms with Crippen molar-refractivity contribution in [2.24, 2.45) is 0 Å². The van der Waals surface area contributed by atoms with E-state index in [1.165, 1.54) is 35.1 Å². The zero-order chi connectivity index (χ0) is 22.2. The van der Waals surface area contributed by atoms with Crippen LogP contribution in [0.1, 0.15) is 59.2 Å². The molecule has 0 radical (unpaired) electrons. The lowest BCUT2D eigenvalue weighted by Crippen LogP contribution is -2.51. The number of carbonyl (C=O) groups excluding carboxylic acids is 2. The Balaban J connectivity index is 1.26. The molecule has 0 saturated carbocycles. The average molecular weight is 514 g/mol. The van der Waals surface area contributed by atoms with Crippen LogP contribution >= 0.6 is 28.6 Å². The van der Waals surface area contributed by atoms with Crippen LogP contribution in [0.5, 0.6) is 0 Å². The van der Waals surface area contributed by atoms with Crippen molar-refractivity contribution in [3.05, 3.63) is 69.2 Å². The molecule has 0 aliphatic carbocycles. The summed E-state index contributed by atoms with van der Waals surface area (Å²) >= 11 is 8.45. The molecule has 7 heteroatoms. The zero-order valence-electron chi connectivity index (χ0n) is 18.0.